The summed E-state index contributed by atoms with van der Waals surface area (Å²) < 4.78 is 1.67. The summed E-state index contributed by atoms with van der Waals surface area (Å²) >= 11 is 0. The van der Waals surface area contributed by atoms with Crippen LogP contribution >= 0.6 is 0 Å². The lowest BCUT2D eigenvalue weighted by molar-refractivity contribution is 0.913. The summed E-state index contributed by atoms with van der Waals surface area (Å²) in [6.07, 6.45) is 7.10. The van der Waals surface area contributed by atoms with Crippen LogP contribution in [-0.2, 0) is 0 Å². The number of rotatable bonds is 2. The highest BCUT2D eigenvalue weighted by Crippen LogP contribution is 2.42. The third-order valence-corrected chi connectivity index (χ3v) is 4.44. The predicted molar refractivity (Wildman–Crippen MR) is 103 cm³/mol. The SMILES string of the molecule is Cc1ccccc1.O=c1[nH]cc(-c2cc(C3CC3)c3nccn3n2)c(=O)[nH]1. The summed E-state index contributed by atoms with van der Waals surface area (Å²) in [6.45, 7) is 2.08. The molecule has 7 heteroatoms. The highest BCUT2D eigenvalue weighted by atomic mass is 16.2. The molecule has 0 atom stereocenters. The van der Waals surface area contributed by atoms with Crippen molar-refractivity contribution in [2.75, 3.05) is 0 Å². The number of benzene rings is 1. The maximum atomic E-state index is 11.9. The number of aromatic nitrogens is 5. The van der Waals surface area contributed by atoms with Crippen LogP contribution in [0.25, 0.3) is 16.9 Å². The van der Waals surface area contributed by atoms with Crippen molar-refractivity contribution in [1.29, 1.82) is 0 Å². The lowest BCUT2D eigenvalue weighted by Gasteiger charge is -2.05. The van der Waals surface area contributed by atoms with Crippen LogP contribution in [0.5, 0.6) is 0 Å². The smallest absolute Gasteiger partial charge is 0.313 e. The molecule has 1 aliphatic rings. The summed E-state index contributed by atoms with van der Waals surface area (Å²) in [7, 11) is 0. The van der Waals surface area contributed by atoms with Crippen molar-refractivity contribution < 1.29 is 0 Å². The van der Waals surface area contributed by atoms with Crippen LogP contribution < -0.4 is 11.2 Å². The van der Waals surface area contributed by atoms with E-state index in [1.54, 1.807) is 16.9 Å². The second-order valence-corrected chi connectivity index (χ2v) is 6.59. The molecule has 3 aromatic heterocycles. The minimum atomic E-state index is -0.523. The molecule has 0 aliphatic heterocycles. The molecule has 0 spiro atoms. The van der Waals surface area contributed by atoms with Gasteiger partial charge in [0.15, 0.2) is 5.65 Å². The number of hydrogen-bond donors (Lipinski definition) is 2. The van der Waals surface area contributed by atoms with Crippen molar-refractivity contribution in [2.45, 2.75) is 25.7 Å². The third-order valence-electron chi connectivity index (χ3n) is 4.44. The molecular formula is C20H19N5O2. The summed E-state index contributed by atoms with van der Waals surface area (Å²) in [6, 6.07) is 12.2. The van der Waals surface area contributed by atoms with Gasteiger partial charge in [-0.2, -0.15) is 5.10 Å². The van der Waals surface area contributed by atoms with Crippen LogP contribution in [0.3, 0.4) is 0 Å². The van der Waals surface area contributed by atoms with Crippen LogP contribution in [0.4, 0.5) is 0 Å². The molecule has 1 saturated carbocycles. The third kappa shape index (κ3) is 3.72. The summed E-state index contributed by atoms with van der Waals surface area (Å²) in [5, 5.41) is 4.38. The second kappa shape index (κ2) is 7.03. The van der Waals surface area contributed by atoms with Gasteiger partial charge in [-0.05, 0) is 31.7 Å². The molecule has 0 radical (unpaired) electrons. The largest absolute Gasteiger partial charge is 0.325 e. The lowest BCUT2D eigenvalue weighted by Crippen LogP contribution is -2.23. The number of H-pyrrole nitrogens is 2. The second-order valence-electron chi connectivity index (χ2n) is 6.59. The number of nitrogens with one attached hydrogen (secondary N) is 2. The molecule has 0 bridgehead atoms. The average molecular weight is 361 g/mol. The van der Waals surface area contributed by atoms with Gasteiger partial charge in [-0.25, -0.2) is 14.3 Å². The van der Waals surface area contributed by atoms with Gasteiger partial charge in [-0.1, -0.05) is 35.9 Å². The van der Waals surface area contributed by atoms with Crippen LogP contribution in [0.1, 0.15) is 29.9 Å². The first-order chi connectivity index (χ1) is 13.1. The van der Waals surface area contributed by atoms with E-state index in [1.807, 2.05) is 24.3 Å². The van der Waals surface area contributed by atoms with Crippen molar-refractivity contribution >= 4 is 5.65 Å². The zero-order valence-corrected chi connectivity index (χ0v) is 14.8. The quantitative estimate of drug-likeness (QED) is 0.574. The van der Waals surface area contributed by atoms with Crippen LogP contribution in [0, 0.1) is 6.92 Å². The number of aromatic amines is 2. The monoisotopic (exact) mass is 361 g/mol. The Morgan fingerprint density at radius 3 is 2.56 bits per heavy atom. The highest BCUT2D eigenvalue weighted by molar-refractivity contribution is 5.62. The minimum Gasteiger partial charge on any atom is -0.313 e. The first-order valence-electron chi connectivity index (χ1n) is 8.80. The molecule has 0 saturated heterocycles. The Morgan fingerprint density at radius 1 is 1.15 bits per heavy atom. The van der Waals surface area contributed by atoms with Gasteiger partial charge in [0.05, 0.1) is 11.3 Å². The Hall–Kier alpha value is -3.48. The molecule has 3 heterocycles. The Labute approximate surface area is 154 Å². The molecule has 5 rings (SSSR count). The van der Waals surface area contributed by atoms with Crippen molar-refractivity contribution in [3.8, 4) is 11.3 Å². The van der Waals surface area contributed by atoms with Gasteiger partial charge >= 0.3 is 5.69 Å². The molecule has 2 N–H and O–H groups in total. The number of hydrogen-bond acceptors (Lipinski definition) is 4. The van der Waals surface area contributed by atoms with Crippen molar-refractivity contribution in [3.63, 3.8) is 0 Å². The summed E-state index contributed by atoms with van der Waals surface area (Å²) in [4.78, 5) is 31.9. The van der Waals surface area contributed by atoms with Gasteiger partial charge in [-0.15, -0.1) is 0 Å². The number of fused-ring (bicyclic) bond motifs is 1. The average Bonchev–Trinajstić information content (AvgIpc) is 3.39. The van der Waals surface area contributed by atoms with E-state index in [-0.39, 0.29) is 0 Å². The van der Waals surface area contributed by atoms with E-state index >= 15 is 0 Å². The van der Waals surface area contributed by atoms with Crippen molar-refractivity contribution in [3.05, 3.63) is 87.0 Å². The van der Waals surface area contributed by atoms with E-state index in [0.29, 0.717) is 17.2 Å². The Morgan fingerprint density at radius 2 is 1.93 bits per heavy atom. The van der Waals surface area contributed by atoms with Gasteiger partial charge in [0.1, 0.15) is 0 Å². The first kappa shape index (κ1) is 17.0. The van der Waals surface area contributed by atoms with Crippen LogP contribution in [0.15, 0.2) is 64.6 Å². The summed E-state index contributed by atoms with van der Waals surface area (Å²) in [5.74, 6) is 0.489. The van der Waals surface area contributed by atoms with Crippen molar-refractivity contribution in [1.82, 2.24) is 24.6 Å². The van der Waals surface area contributed by atoms with Gasteiger partial charge in [0.25, 0.3) is 5.56 Å². The van der Waals surface area contributed by atoms with E-state index < -0.39 is 11.2 Å². The Balaban J connectivity index is 0.000000218. The fraction of sp³-hybridized carbons (Fsp3) is 0.200. The van der Waals surface area contributed by atoms with E-state index in [4.69, 9.17) is 0 Å². The Kier molecular flexibility index (Phi) is 4.42. The molecular weight excluding hydrogens is 342 g/mol. The molecule has 0 unspecified atom stereocenters. The first-order valence-corrected chi connectivity index (χ1v) is 8.80. The lowest BCUT2D eigenvalue weighted by atomic mass is 10.1. The van der Waals surface area contributed by atoms with Gasteiger partial charge in [0.2, 0.25) is 0 Å². The topological polar surface area (TPSA) is 95.9 Å². The standard InChI is InChI=1S/C13H11N5O2.C7H8/c19-12-9(6-15-13(20)16-12)10-5-8(7-1-2-7)11-14-3-4-18(11)17-10;1-7-5-3-2-4-6-7/h3-7H,1-2H2,(H2,15,16,19,20);2-6H,1H3. The van der Waals surface area contributed by atoms with Gasteiger partial charge in [0, 0.05) is 24.2 Å². The Bertz CT molecular complexity index is 1190. The molecule has 27 heavy (non-hydrogen) atoms. The van der Waals surface area contributed by atoms with Gasteiger partial charge < -0.3 is 4.98 Å². The number of nitrogens with zero attached hydrogens (tertiary/aromatic N) is 3. The fourth-order valence-corrected chi connectivity index (χ4v) is 2.90. The zero-order chi connectivity index (χ0) is 18.8. The molecule has 0 amide bonds. The van der Waals surface area contributed by atoms with E-state index in [0.717, 1.165) is 24.1 Å². The van der Waals surface area contributed by atoms with E-state index in [9.17, 15) is 9.59 Å². The normalized spacial score (nSPS) is 13.2. The maximum absolute atomic E-state index is 11.9. The van der Waals surface area contributed by atoms with E-state index in [2.05, 4.69) is 39.1 Å². The number of aryl methyl sites for hydroxylation is 1. The van der Waals surface area contributed by atoms with Crippen molar-refractivity contribution in [2.24, 2.45) is 0 Å². The molecule has 1 fully saturated rings. The molecule has 4 aromatic rings. The molecule has 1 aromatic carbocycles. The van der Waals surface area contributed by atoms with E-state index in [1.165, 1.54) is 11.8 Å². The van der Waals surface area contributed by atoms with Crippen LogP contribution in [0.2, 0.25) is 0 Å². The summed E-state index contributed by atoms with van der Waals surface area (Å²) in [5.41, 5.74) is 3.18. The zero-order valence-electron chi connectivity index (χ0n) is 14.8. The maximum Gasteiger partial charge on any atom is 0.325 e. The van der Waals surface area contributed by atoms with Crippen LogP contribution in [-0.4, -0.2) is 24.6 Å². The highest BCUT2D eigenvalue weighted by Gasteiger charge is 2.27. The molecule has 7 nitrogen and oxygen atoms in total. The minimum absolute atomic E-state index is 0.349. The molecule has 136 valence electrons. The number of imidazole rings is 1. The van der Waals surface area contributed by atoms with Gasteiger partial charge in [-0.3, -0.25) is 9.78 Å². The fourth-order valence-electron chi connectivity index (χ4n) is 2.90. The predicted octanol–water partition coefficient (Wildman–Crippen LogP) is 2.65. The molecule has 1 aliphatic carbocycles.